The molecule has 0 saturated carbocycles. The third-order valence-corrected chi connectivity index (χ3v) is 3.23. The van der Waals surface area contributed by atoms with Gasteiger partial charge in [0.25, 0.3) is 5.91 Å². The molecule has 102 valence electrons. The molecular weight excluding hydrogens is 268 g/mol. The Kier molecular flexibility index (Phi) is 3.84. The summed E-state index contributed by atoms with van der Waals surface area (Å²) in [5.74, 6) is 0.353. The predicted octanol–water partition coefficient (Wildman–Crippen LogP) is 1.47. The summed E-state index contributed by atoms with van der Waals surface area (Å²) in [6.45, 7) is 6.24. The van der Waals surface area contributed by atoms with Gasteiger partial charge >= 0.3 is 0 Å². The molecule has 7 nitrogen and oxygen atoms in total. The average Bonchev–Trinajstić information content (AvgIpc) is 2.97. The molecule has 2 rings (SSSR count). The van der Waals surface area contributed by atoms with Crippen LogP contribution in [0.4, 0.5) is 0 Å². The Bertz CT molecular complexity index is 590. The number of carbonyl (C=O) groups excluding carboxylic acids is 1. The summed E-state index contributed by atoms with van der Waals surface area (Å²) in [5, 5.41) is 13.7. The Morgan fingerprint density at radius 3 is 2.95 bits per heavy atom. The van der Waals surface area contributed by atoms with Crippen molar-refractivity contribution < 1.29 is 4.79 Å². The van der Waals surface area contributed by atoms with Crippen molar-refractivity contribution in [2.24, 2.45) is 0 Å². The number of hydrogen-bond acceptors (Lipinski definition) is 4. The maximum Gasteiger partial charge on any atom is 0.273 e. The van der Waals surface area contributed by atoms with Crippen LogP contribution in [-0.4, -0.2) is 30.9 Å². The summed E-state index contributed by atoms with van der Waals surface area (Å²) in [5.41, 5.74) is 0.852. The Morgan fingerprint density at radius 2 is 2.37 bits per heavy atom. The predicted molar refractivity (Wildman–Crippen MR) is 69.9 cm³/mol. The molecule has 0 radical (unpaired) electrons. The van der Waals surface area contributed by atoms with Crippen LogP contribution < -0.4 is 5.32 Å². The minimum absolute atomic E-state index is 0.189. The van der Waals surface area contributed by atoms with Gasteiger partial charge in [0.05, 0.1) is 16.8 Å². The van der Waals surface area contributed by atoms with Crippen molar-refractivity contribution in [3.8, 4) is 0 Å². The largest absolute Gasteiger partial charge is 0.341 e. The summed E-state index contributed by atoms with van der Waals surface area (Å²) in [4.78, 5) is 16.2. The van der Waals surface area contributed by atoms with E-state index in [0.29, 0.717) is 23.1 Å². The van der Waals surface area contributed by atoms with Gasteiger partial charge in [-0.25, -0.2) is 9.67 Å². The molecule has 0 bridgehead atoms. The van der Waals surface area contributed by atoms with E-state index in [1.807, 2.05) is 13.8 Å². The number of nitrogens with zero attached hydrogens (tertiary/aromatic N) is 4. The van der Waals surface area contributed by atoms with Crippen molar-refractivity contribution >= 4 is 17.5 Å². The van der Waals surface area contributed by atoms with E-state index < -0.39 is 0 Å². The molecule has 0 spiro atoms. The van der Waals surface area contributed by atoms with Crippen LogP contribution in [0.3, 0.4) is 0 Å². The highest BCUT2D eigenvalue weighted by Crippen LogP contribution is 2.18. The number of nitrogens with one attached hydrogen (secondary N) is 2. The molecule has 0 aliphatic carbocycles. The minimum Gasteiger partial charge on any atom is -0.341 e. The summed E-state index contributed by atoms with van der Waals surface area (Å²) < 4.78 is 1.72. The second-order valence-electron chi connectivity index (χ2n) is 4.14. The van der Waals surface area contributed by atoms with Crippen molar-refractivity contribution in [3.05, 3.63) is 28.6 Å². The lowest BCUT2D eigenvalue weighted by atomic mass is 10.3. The standard InChI is InChI=1S/C11H15ClN6O/c1-4-18-10(13-5-14-18)7(3)15-11(19)9-8(12)6(2)16-17-9/h5,7H,4H2,1-3H3,(H,15,19)(H,16,17). The molecule has 0 aliphatic heterocycles. The number of carbonyl (C=O) groups is 1. The van der Waals surface area contributed by atoms with Gasteiger partial charge in [0.1, 0.15) is 12.2 Å². The van der Waals surface area contributed by atoms with Crippen LogP contribution in [0.2, 0.25) is 5.02 Å². The number of amides is 1. The van der Waals surface area contributed by atoms with E-state index in [0.717, 1.165) is 0 Å². The van der Waals surface area contributed by atoms with E-state index in [1.165, 1.54) is 6.33 Å². The molecule has 2 N–H and O–H groups in total. The minimum atomic E-state index is -0.340. The van der Waals surface area contributed by atoms with Gasteiger partial charge in [-0.15, -0.1) is 0 Å². The fourth-order valence-corrected chi connectivity index (χ4v) is 1.92. The highest BCUT2D eigenvalue weighted by Gasteiger charge is 2.20. The molecule has 2 aromatic heterocycles. The van der Waals surface area contributed by atoms with Crippen LogP contribution in [0.15, 0.2) is 6.33 Å². The molecule has 0 aliphatic rings. The Labute approximate surface area is 115 Å². The zero-order valence-electron chi connectivity index (χ0n) is 10.9. The van der Waals surface area contributed by atoms with Gasteiger partial charge in [0.2, 0.25) is 0 Å². The Morgan fingerprint density at radius 1 is 1.63 bits per heavy atom. The fraction of sp³-hybridized carbons (Fsp3) is 0.455. The molecule has 19 heavy (non-hydrogen) atoms. The van der Waals surface area contributed by atoms with Crippen LogP contribution in [-0.2, 0) is 6.54 Å². The maximum atomic E-state index is 12.0. The van der Waals surface area contributed by atoms with Gasteiger partial charge in [-0.2, -0.15) is 10.2 Å². The van der Waals surface area contributed by atoms with Crippen LogP contribution in [0, 0.1) is 6.92 Å². The van der Waals surface area contributed by atoms with E-state index in [2.05, 4.69) is 25.6 Å². The van der Waals surface area contributed by atoms with Gasteiger partial charge in [0, 0.05) is 6.54 Å². The van der Waals surface area contributed by atoms with Crippen molar-refractivity contribution in [2.75, 3.05) is 0 Å². The van der Waals surface area contributed by atoms with Crippen LogP contribution in [0.25, 0.3) is 0 Å². The number of halogens is 1. The number of aromatic amines is 1. The zero-order chi connectivity index (χ0) is 14.0. The molecule has 2 heterocycles. The fourth-order valence-electron chi connectivity index (χ4n) is 1.75. The number of rotatable bonds is 4. The zero-order valence-corrected chi connectivity index (χ0v) is 11.7. The summed E-state index contributed by atoms with van der Waals surface area (Å²) in [6, 6.07) is -0.275. The van der Waals surface area contributed by atoms with E-state index in [4.69, 9.17) is 11.6 Å². The molecule has 2 aromatic rings. The van der Waals surface area contributed by atoms with E-state index in [1.54, 1.807) is 11.6 Å². The Hall–Kier alpha value is -1.89. The van der Waals surface area contributed by atoms with Crippen LogP contribution in [0.1, 0.15) is 41.9 Å². The van der Waals surface area contributed by atoms with Crippen LogP contribution >= 0.6 is 11.6 Å². The molecule has 1 atom stereocenters. The lowest BCUT2D eigenvalue weighted by Crippen LogP contribution is -2.29. The van der Waals surface area contributed by atoms with Crippen molar-refractivity contribution in [1.29, 1.82) is 0 Å². The molecular formula is C11H15ClN6O. The maximum absolute atomic E-state index is 12.0. The van der Waals surface area contributed by atoms with Gasteiger partial charge in [-0.3, -0.25) is 9.89 Å². The SMILES string of the molecule is CCn1ncnc1C(C)NC(=O)c1n[nH]c(C)c1Cl. The molecule has 0 aromatic carbocycles. The average molecular weight is 283 g/mol. The van der Waals surface area contributed by atoms with Crippen LogP contribution in [0.5, 0.6) is 0 Å². The summed E-state index contributed by atoms with van der Waals surface area (Å²) in [6.07, 6.45) is 1.47. The monoisotopic (exact) mass is 282 g/mol. The van der Waals surface area contributed by atoms with Crippen molar-refractivity contribution in [1.82, 2.24) is 30.3 Å². The number of aryl methyl sites for hydroxylation is 2. The first kappa shape index (κ1) is 13.5. The second kappa shape index (κ2) is 5.40. The molecule has 0 fully saturated rings. The van der Waals surface area contributed by atoms with Gasteiger partial charge < -0.3 is 5.32 Å². The number of aromatic nitrogens is 5. The lowest BCUT2D eigenvalue weighted by Gasteiger charge is -2.13. The van der Waals surface area contributed by atoms with Crippen molar-refractivity contribution in [2.45, 2.75) is 33.4 Å². The third kappa shape index (κ3) is 2.60. The highest BCUT2D eigenvalue weighted by molar-refractivity contribution is 6.34. The first-order valence-corrected chi connectivity index (χ1v) is 6.31. The smallest absolute Gasteiger partial charge is 0.273 e. The summed E-state index contributed by atoms with van der Waals surface area (Å²) >= 11 is 5.98. The van der Waals surface area contributed by atoms with Gasteiger partial charge in [0.15, 0.2) is 5.69 Å². The van der Waals surface area contributed by atoms with Gasteiger partial charge in [-0.05, 0) is 20.8 Å². The Balaban J connectivity index is 2.13. The second-order valence-corrected chi connectivity index (χ2v) is 4.52. The first-order chi connectivity index (χ1) is 9.04. The molecule has 8 heteroatoms. The normalized spacial score (nSPS) is 12.4. The highest BCUT2D eigenvalue weighted by atomic mass is 35.5. The number of hydrogen-bond donors (Lipinski definition) is 2. The molecule has 0 saturated heterocycles. The number of H-pyrrole nitrogens is 1. The van der Waals surface area contributed by atoms with Gasteiger partial charge in [-0.1, -0.05) is 11.6 Å². The van der Waals surface area contributed by atoms with E-state index in [9.17, 15) is 4.79 Å². The lowest BCUT2D eigenvalue weighted by molar-refractivity contribution is 0.0932. The first-order valence-electron chi connectivity index (χ1n) is 5.93. The van der Waals surface area contributed by atoms with Crippen molar-refractivity contribution in [3.63, 3.8) is 0 Å². The molecule has 1 unspecified atom stereocenters. The van der Waals surface area contributed by atoms with E-state index >= 15 is 0 Å². The summed E-state index contributed by atoms with van der Waals surface area (Å²) in [7, 11) is 0. The third-order valence-electron chi connectivity index (χ3n) is 2.77. The quantitative estimate of drug-likeness (QED) is 0.889. The topological polar surface area (TPSA) is 88.5 Å². The van der Waals surface area contributed by atoms with E-state index in [-0.39, 0.29) is 17.6 Å². The molecule has 1 amide bonds.